The van der Waals surface area contributed by atoms with E-state index in [-0.39, 0.29) is 6.29 Å². The molecule has 1 unspecified atom stereocenters. The highest BCUT2D eigenvalue weighted by Gasteiger charge is 2.17. The molecule has 0 fully saturated rings. The molecule has 0 amide bonds. The summed E-state index contributed by atoms with van der Waals surface area (Å²) in [5.74, 6) is 0. The van der Waals surface area contributed by atoms with Crippen LogP contribution in [0.1, 0.15) is 13.8 Å². The quantitative estimate of drug-likeness (QED) is 0.715. The molecule has 0 aromatic carbocycles. The molecule has 1 rings (SSSR count). The summed E-state index contributed by atoms with van der Waals surface area (Å²) in [4.78, 5) is 8.62. The summed E-state index contributed by atoms with van der Waals surface area (Å²) in [6.07, 6.45) is 3.71. The molecule has 80 valence electrons. The van der Waals surface area contributed by atoms with Gasteiger partial charge in [0.15, 0.2) is 11.5 Å². The van der Waals surface area contributed by atoms with Gasteiger partial charge in [0.1, 0.15) is 6.34 Å². The Morgan fingerprint density at radius 3 is 2.86 bits per heavy atom. The van der Waals surface area contributed by atoms with E-state index in [2.05, 4.69) is 27.7 Å². The van der Waals surface area contributed by atoms with Gasteiger partial charge in [0.2, 0.25) is 0 Å². The number of rotatable bonds is 4. The lowest BCUT2D eigenvalue weighted by Gasteiger charge is -2.29. The second-order valence-corrected chi connectivity index (χ2v) is 3.48. The van der Waals surface area contributed by atoms with Crippen molar-refractivity contribution in [1.29, 1.82) is 0 Å². The first-order valence-electron chi connectivity index (χ1n) is 4.73. The molecule has 5 nitrogen and oxygen atoms in total. The van der Waals surface area contributed by atoms with Crippen molar-refractivity contribution in [2.24, 2.45) is 9.98 Å². The van der Waals surface area contributed by atoms with Crippen LogP contribution in [0, 0.1) is 0 Å². The second kappa shape index (κ2) is 6.00. The Labute approximate surface area is 89.0 Å². The lowest BCUT2D eigenvalue weighted by Crippen LogP contribution is -2.52. The van der Waals surface area contributed by atoms with Crippen molar-refractivity contribution in [3.05, 3.63) is 0 Å². The molecule has 0 radical (unpaired) electrons. The first-order chi connectivity index (χ1) is 6.81. The van der Waals surface area contributed by atoms with Gasteiger partial charge in [-0.2, -0.15) is 0 Å². The Bertz CT molecular complexity index is 228. The van der Waals surface area contributed by atoms with E-state index in [1.54, 1.807) is 18.1 Å². The van der Waals surface area contributed by atoms with Gasteiger partial charge >= 0.3 is 0 Å². The van der Waals surface area contributed by atoms with Crippen LogP contribution in [0.5, 0.6) is 0 Å². The van der Waals surface area contributed by atoms with Gasteiger partial charge in [-0.25, -0.2) is 15.4 Å². The molecule has 2 N–H and O–H groups in total. The van der Waals surface area contributed by atoms with E-state index >= 15 is 0 Å². The summed E-state index contributed by atoms with van der Waals surface area (Å²) < 4.78 is 0. The number of amidine groups is 1. The van der Waals surface area contributed by atoms with E-state index in [4.69, 9.17) is 0 Å². The first kappa shape index (κ1) is 11.5. The maximum absolute atomic E-state index is 4.42. The fourth-order valence-electron chi connectivity index (χ4n) is 1.12. The van der Waals surface area contributed by atoms with Crippen molar-refractivity contribution in [3.8, 4) is 0 Å². The average molecular weight is 215 g/mol. The highest BCUT2D eigenvalue weighted by atomic mass is 32.2. The summed E-state index contributed by atoms with van der Waals surface area (Å²) in [5, 5.41) is 5.94. The molecule has 0 aromatic heterocycles. The Kier molecular flexibility index (Phi) is 4.92. The van der Waals surface area contributed by atoms with Gasteiger partial charge in [0.25, 0.3) is 0 Å². The monoisotopic (exact) mass is 215 g/mol. The molecule has 0 saturated carbocycles. The molecule has 0 saturated heterocycles. The van der Waals surface area contributed by atoms with Crippen molar-refractivity contribution >= 4 is 23.3 Å². The van der Waals surface area contributed by atoms with E-state index in [0.717, 1.165) is 18.3 Å². The van der Waals surface area contributed by atoms with Crippen LogP contribution in [-0.2, 0) is 0 Å². The first-order valence-corrected chi connectivity index (χ1v) is 5.95. The highest BCUT2D eigenvalue weighted by molar-refractivity contribution is 8.13. The fraction of sp³-hybridized carbons (Fsp3) is 0.750. The van der Waals surface area contributed by atoms with Crippen LogP contribution in [0.3, 0.4) is 0 Å². The second-order valence-electron chi connectivity index (χ2n) is 2.71. The molecule has 14 heavy (non-hydrogen) atoms. The minimum absolute atomic E-state index is 0.0418. The fourth-order valence-corrected chi connectivity index (χ4v) is 1.47. The van der Waals surface area contributed by atoms with Crippen LogP contribution in [-0.4, -0.2) is 42.2 Å². The molecule has 1 aliphatic rings. The van der Waals surface area contributed by atoms with Crippen molar-refractivity contribution in [1.82, 2.24) is 15.8 Å². The molecular weight excluding hydrogens is 198 g/mol. The molecule has 1 heterocycles. The molecule has 1 atom stereocenters. The third-order valence-corrected chi connectivity index (χ3v) is 2.27. The zero-order valence-corrected chi connectivity index (χ0v) is 9.64. The molecule has 0 aliphatic carbocycles. The number of hydrogen-bond acceptors (Lipinski definition) is 6. The zero-order valence-electron chi connectivity index (χ0n) is 8.82. The molecule has 0 aromatic rings. The topological polar surface area (TPSA) is 52.0 Å². The lowest BCUT2D eigenvalue weighted by atomic mass is 10.6. The normalized spacial score (nSPS) is 21.2. The van der Waals surface area contributed by atoms with Crippen LogP contribution < -0.4 is 10.7 Å². The van der Waals surface area contributed by atoms with Crippen molar-refractivity contribution in [3.63, 3.8) is 0 Å². The number of hydrazine groups is 1. The van der Waals surface area contributed by atoms with Crippen molar-refractivity contribution in [2.45, 2.75) is 20.1 Å². The lowest BCUT2D eigenvalue weighted by molar-refractivity contribution is 0.211. The van der Waals surface area contributed by atoms with Gasteiger partial charge in [-0.15, -0.1) is 0 Å². The summed E-state index contributed by atoms with van der Waals surface area (Å²) >= 11 is 1.55. The third-order valence-electron chi connectivity index (χ3n) is 1.70. The van der Waals surface area contributed by atoms with E-state index in [9.17, 15) is 0 Å². The highest BCUT2D eigenvalue weighted by Crippen LogP contribution is 2.07. The van der Waals surface area contributed by atoms with Gasteiger partial charge in [-0.05, 0) is 12.8 Å². The van der Waals surface area contributed by atoms with E-state index in [1.165, 1.54) is 0 Å². The van der Waals surface area contributed by atoms with Gasteiger partial charge in [0, 0.05) is 6.54 Å². The van der Waals surface area contributed by atoms with Crippen LogP contribution >= 0.6 is 11.8 Å². The largest absolute Gasteiger partial charge is 0.278 e. The SMILES string of the molecule is CCNC1N=C(SC)N=CN1NCC. The Morgan fingerprint density at radius 2 is 2.29 bits per heavy atom. The summed E-state index contributed by atoms with van der Waals surface area (Å²) in [6, 6.07) is 0. The molecule has 0 spiro atoms. The number of thioether (sulfide) groups is 1. The van der Waals surface area contributed by atoms with Crippen LogP contribution in [0.2, 0.25) is 0 Å². The zero-order chi connectivity index (χ0) is 10.4. The molecule has 6 heteroatoms. The number of nitrogens with one attached hydrogen (secondary N) is 2. The van der Waals surface area contributed by atoms with E-state index < -0.39 is 0 Å². The van der Waals surface area contributed by atoms with Crippen molar-refractivity contribution in [2.75, 3.05) is 19.3 Å². The smallest absolute Gasteiger partial charge is 0.193 e. The predicted molar refractivity (Wildman–Crippen MR) is 62.4 cm³/mol. The van der Waals surface area contributed by atoms with Crippen LogP contribution in [0.4, 0.5) is 0 Å². The van der Waals surface area contributed by atoms with E-state index in [0.29, 0.717) is 0 Å². The molecule has 0 bridgehead atoms. The summed E-state index contributed by atoms with van der Waals surface area (Å²) in [7, 11) is 0. The predicted octanol–water partition coefficient (Wildman–Crippen LogP) is 0.467. The van der Waals surface area contributed by atoms with Gasteiger partial charge < -0.3 is 0 Å². The molecule has 1 aliphatic heterocycles. The van der Waals surface area contributed by atoms with Gasteiger partial charge in [-0.1, -0.05) is 25.6 Å². The van der Waals surface area contributed by atoms with E-state index in [1.807, 2.05) is 18.2 Å². The standard InChI is InChI=1S/C8H17N5S/c1-4-9-7-12-8(14-3)10-6-13(7)11-5-2/h6-7,9,11H,4-5H2,1-3H3. The maximum Gasteiger partial charge on any atom is 0.193 e. The van der Waals surface area contributed by atoms with Gasteiger partial charge in [-0.3, -0.25) is 10.3 Å². The average Bonchev–Trinajstić information content (AvgIpc) is 2.21. The molecular formula is C8H17N5S. The van der Waals surface area contributed by atoms with Crippen LogP contribution in [0.25, 0.3) is 0 Å². The number of hydrogen-bond donors (Lipinski definition) is 2. The Balaban J connectivity index is 2.62. The third kappa shape index (κ3) is 2.97. The minimum Gasteiger partial charge on any atom is -0.278 e. The summed E-state index contributed by atoms with van der Waals surface area (Å²) in [6.45, 7) is 5.85. The Morgan fingerprint density at radius 1 is 1.50 bits per heavy atom. The maximum atomic E-state index is 4.42. The van der Waals surface area contributed by atoms with Crippen LogP contribution in [0.15, 0.2) is 9.98 Å². The minimum atomic E-state index is -0.0418. The number of aliphatic imine (C=N–C) groups is 2. The van der Waals surface area contributed by atoms with Gasteiger partial charge in [0.05, 0.1) is 0 Å². The van der Waals surface area contributed by atoms with Crippen molar-refractivity contribution < 1.29 is 0 Å². The number of nitrogens with zero attached hydrogens (tertiary/aromatic N) is 3. The summed E-state index contributed by atoms with van der Waals surface area (Å²) in [5.41, 5.74) is 3.17. The Hall–Kier alpha value is -0.590.